The second-order valence-corrected chi connectivity index (χ2v) is 3.54. The van der Waals surface area contributed by atoms with Gasteiger partial charge in [0, 0.05) is 13.0 Å². The molecule has 0 bridgehead atoms. The topological polar surface area (TPSA) is 92.4 Å². The average Bonchev–Trinajstić information content (AvgIpc) is 2.18. The van der Waals surface area contributed by atoms with Crippen molar-refractivity contribution in [1.82, 2.24) is 5.32 Å². The summed E-state index contributed by atoms with van der Waals surface area (Å²) < 4.78 is 0. The Morgan fingerprint density at radius 3 is 2.60 bits per heavy atom. The average molecular weight is 216 g/mol. The van der Waals surface area contributed by atoms with E-state index in [4.69, 9.17) is 10.8 Å². The third-order valence-corrected chi connectivity index (χ3v) is 2.09. The number of hydrogen-bond donors (Lipinski definition) is 3. The van der Waals surface area contributed by atoms with E-state index in [0.29, 0.717) is 25.8 Å². The molecule has 0 aliphatic heterocycles. The number of rotatable bonds is 8. The van der Waals surface area contributed by atoms with Crippen LogP contribution in [0.2, 0.25) is 0 Å². The lowest BCUT2D eigenvalue weighted by molar-refractivity contribution is -0.138. The van der Waals surface area contributed by atoms with Crippen LogP contribution in [0.15, 0.2) is 0 Å². The van der Waals surface area contributed by atoms with E-state index in [0.717, 1.165) is 12.8 Å². The quantitative estimate of drug-likeness (QED) is 0.515. The van der Waals surface area contributed by atoms with Gasteiger partial charge in [-0.15, -0.1) is 0 Å². The van der Waals surface area contributed by atoms with Crippen molar-refractivity contribution in [2.45, 2.75) is 45.1 Å². The van der Waals surface area contributed by atoms with Crippen LogP contribution in [-0.4, -0.2) is 29.6 Å². The van der Waals surface area contributed by atoms with E-state index in [-0.39, 0.29) is 5.91 Å². The fourth-order valence-electron chi connectivity index (χ4n) is 1.10. The minimum Gasteiger partial charge on any atom is -0.480 e. The second kappa shape index (κ2) is 8.23. The van der Waals surface area contributed by atoms with Crippen LogP contribution in [0, 0.1) is 0 Å². The molecule has 0 radical (unpaired) electrons. The molecule has 4 N–H and O–H groups in total. The molecule has 88 valence electrons. The fourth-order valence-corrected chi connectivity index (χ4v) is 1.10. The zero-order valence-electron chi connectivity index (χ0n) is 9.16. The maximum atomic E-state index is 11.2. The molecule has 0 aromatic heterocycles. The summed E-state index contributed by atoms with van der Waals surface area (Å²) in [6, 6.07) is -0.853. The SMILES string of the molecule is CCCCNC(=O)CCCC(N)C(=O)O. The maximum Gasteiger partial charge on any atom is 0.320 e. The smallest absolute Gasteiger partial charge is 0.320 e. The van der Waals surface area contributed by atoms with Gasteiger partial charge < -0.3 is 16.2 Å². The summed E-state index contributed by atoms with van der Waals surface area (Å²) >= 11 is 0. The number of carbonyl (C=O) groups is 2. The molecule has 0 saturated heterocycles. The van der Waals surface area contributed by atoms with Crippen molar-refractivity contribution < 1.29 is 14.7 Å². The van der Waals surface area contributed by atoms with E-state index in [9.17, 15) is 9.59 Å². The van der Waals surface area contributed by atoms with Gasteiger partial charge in [0.05, 0.1) is 0 Å². The van der Waals surface area contributed by atoms with Crippen molar-refractivity contribution in [2.24, 2.45) is 5.73 Å². The maximum absolute atomic E-state index is 11.2. The molecule has 1 amide bonds. The van der Waals surface area contributed by atoms with Crippen LogP contribution in [0.5, 0.6) is 0 Å². The number of amides is 1. The molecule has 15 heavy (non-hydrogen) atoms. The summed E-state index contributed by atoms with van der Waals surface area (Å²) in [5.74, 6) is -1.04. The van der Waals surface area contributed by atoms with Crippen molar-refractivity contribution >= 4 is 11.9 Å². The van der Waals surface area contributed by atoms with E-state index in [2.05, 4.69) is 12.2 Å². The summed E-state index contributed by atoms with van der Waals surface area (Å²) in [4.78, 5) is 21.5. The molecule has 0 aromatic rings. The monoisotopic (exact) mass is 216 g/mol. The summed E-state index contributed by atoms with van der Waals surface area (Å²) in [6.07, 6.45) is 3.23. The molecule has 0 rings (SSSR count). The zero-order valence-corrected chi connectivity index (χ0v) is 9.16. The molecular formula is C10H20N2O3. The van der Waals surface area contributed by atoms with Crippen molar-refractivity contribution in [3.63, 3.8) is 0 Å². The number of carboxylic acid groups (broad SMARTS) is 1. The van der Waals surface area contributed by atoms with Crippen LogP contribution in [0.3, 0.4) is 0 Å². The Balaban J connectivity index is 3.42. The van der Waals surface area contributed by atoms with Gasteiger partial charge in [-0.2, -0.15) is 0 Å². The van der Waals surface area contributed by atoms with Crippen molar-refractivity contribution in [1.29, 1.82) is 0 Å². The summed E-state index contributed by atoms with van der Waals surface area (Å²) in [5, 5.41) is 11.3. The van der Waals surface area contributed by atoms with E-state index >= 15 is 0 Å². The molecule has 0 fully saturated rings. The second-order valence-electron chi connectivity index (χ2n) is 3.54. The molecule has 0 spiro atoms. The van der Waals surface area contributed by atoms with Gasteiger partial charge in [-0.25, -0.2) is 0 Å². The molecule has 0 heterocycles. The Bertz CT molecular complexity index is 207. The van der Waals surface area contributed by atoms with Crippen LogP contribution >= 0.6 is 0 Å². The third-order valence-electron chi connectivity index (χ3n) is 2.09. The Labute approximate surface area is 90.0 Å². The van der Waals surface area contributed by atoms with Gasteiger partial charge in [-0.1, -0.05) is 13.3 Å². The Hall–Kier alpha value is -1.10. The number of carbonyl (C=O) groups excluding carboxylic acids is 1. The van der Waals surface area contributed by atoms with Gasteiger partial charge in [-0.3, -0.25) is 9.59 Å². The van der Waals surface area contributed by atoms with Crippen molar-refractivity contribution in [3.8, 4) is 0 Å². The molecule has 0 aliphatic carbocycles. The van der Waals surface area contributed by atoms with Gasteiger partial charge in [0.25, 0.3) is 0 Å². The number of unbranched alkanes of at least 4 members (excludes halogenated alkanes) is 1. The highest BCUT2D eigenvalue weighted by molar-refractivity contribution is 5.76. The summed E-state index contributed by atoms with van der Waals surface area (Å²) in [7, 11) is 0. The van der Waals surface area contributed by atoms with Gasteiger partial charge in [0.15, 0.2) is 0 Å². The lowest BCUT2D eigenvalue weighted by atomic mass is 10.1. The van der Waals surface area contributed by atoms with Crippen molar-refractivity contribution in [3.05, 3.63) is 0 Å². The molecule has 1 unspecified atom stereocenters. The van der Waals surface area contributed by atoms with Crippen LogP contribution in [0.25, 0.3) is 0 Å². The summed E-state index contributed by atoms with van der Waals surface area (Å²) in [5.41, 5.74) is 5.29. The van der Waals surface area contributed by atoms with E-state index in [1.54, 1.807) is 0 Å². The Morgan fingerprint density at radius 2 is 2.07 bits per heavy atom. The first-order valence-electron chi connectivity index (χ1n) is 5.33. The molecular weight excluding hydrogens is 196 g/mol. The number of nitrogens with two attached hydrogens (primary N) is 1. The molecule has 0 aliphatic rings. The van der Waals surface area contributed by atoms with E-state index < -0.39 is 12.0 Å². The normalized spacial score (nSPS) is 12.1. The van der Waals surface area contributed by atoms with E-state index in [1.165, 1.54) is 0 Å². The summed E-state index contributed by atoms with van der Waals surface area (Å²) in [6.45, 7) is 2.75. The highest BCUT2D eigenvalue weighted by Crippen LogP contribution is 1.99. The minimum absolute atomic E-state index is 0.0268. The van der Waals surface area contributed by atoms with Crippen LogP contribution in [0.1, 0.15) is 39.0 Å². The zero-order chi connectivity index (χ0) is 11.7. The standard InChI is InChI=1S/C10H20N2O3/c1-2-3-7-12-9(13)6-4-5-8(11)10(14)15/h8H,2-7,11H2,1H3,(H,12,13)(H,14,15). The number of nitrogens with one attached hydrogen (secondary N) is 1. The Morgan fingerprint density at radius 1 is 1.40 bits per heavy atom. The molecule has 0 aromatic carbocycles. The minimum atomic E-state index is -1.01. The van der Waals surface area contributed by atoms with Gasteiger partial charge >= 0.3 is 5.97 Å². The number of aliphatic carboxylic acids is 1. The number of hydrogen-bond acceptors (Lipinski definition) is 3. The van der Waals surface area contributed by atoms with Gasteiger partial charge in [-0.05, 0) is 19.3 Å². The lowest BCUT2D eigenvalue weighted by Gasteiger charge is -2.06. The largest absolute Gasteiger partial charge is 0.480 e. The predicted octanol–water partition coefficient (Wildman–Crippen LogP) is 0.485. The predicted molar refractivity (Wildman–Crippen MR) is 57.4 cm³/mol. The van der Waals surface area contributed by atoms with Crippen LogP contribution < -0.4 is 11.1 Å². The van der Waals surface area contributed by atoms with E-state index in [1.807, 2.05) is 0 Å². The van der Waals surface area contributed by atoms with Crippen LogP contribution in [0.4, 0.5) is 0 Å². The number of carboxylic acids is 1. The molecule has 0 saturated carbocycles. The highest BCUT2D eigenvalue weighted by atomic mass is 16.4. The van der Waals surface area contributed by atoms with Crippen molar-refractivity contribution in [2.75, 3.05) is 6.54 Å². The molecule has 5 nitrogen and oxygen atoms in total. The fraction of sp³-hybridized carbons (Fsp3) is 0.800. The molecule has 1 atom stereocenters. The Kier molecular flexibility index (Phi) is 7.62. The highest BCUT2D eigenvalue weighted by Gasteiger charge is 2.11. The van der Waals surface area contributed by atoms with Gasteiger partial charge in [0.2, 0.25) is 5.91 Å². The first kappa shape index (κ1) is 13.9. The van der Waals surface area contributed by atoms with Gasteiger partial charge in [0.1, 0.15) is 6.04 Å². The first-order chi connectivity index (χ1) is 7.07. The molecule has 5 heteroatoms. The van der Waals surface area contributed by atoms with Crippen LogP contribution in [-0.2, 0) is 9.59 Å². The third kappa shape index (κ3) is 7.93. The first-order valence-corrected chi connectivity index (χ1v) is 5.33. The lowest BCUT2D eigenvalue weighted by Crippen LogP contribution is -2.30.